The Hall–Kier alpha value is -1.39. The van der Waals surface area contributed by atoms with Crippen LogP contribution < -0.4 is 10.1 Å². The van der Waals surface area contributed by atoms with Gasteiger partial charge in [-0.2, -0.15) is 0 Å². The number of ether oxygens (including phenoxy) is 2. The molecule has 0 bridgehead atoms. The Morgan fingerprint density at radius 1 is 1.33 bits per heavy atom. The van der Waals surface area contributed by atoms with Gasteiger partial charge in [0.25, 0.3) is 0 Å². The van der Waals surface area contributed by atoms with E-state index in [4.69, 9.17) is 9.47 Å². The zero-order chi connectivity index (χ0) is 18.8. The van der Waals surface area contributed by atoms with Crippen molar-refractivity contribution in [2.45, 2.75) is 26.4 Å². The maximum atomic E-state index is 5.76. The molecule has 1 aromatic heterocycles. The SMILES string of the molecule is CN=C(NCc1cccc(OCCCOC)c1)N(C)Cc1csc(C)n1.I. The first-order valence-corrected chi connectivity index (χ1v) is 9.53. The van der Waals surface area contributed by atoms with Gasteiger partial charge in [0.1, 0.15) is 5.75 Å². The van der Waals surface area contributed by atoms with E-state index < -0.39 is 0 Å². The molecule has 1 heterocycles. The Morgan fingerprint density at radius 3 is 2.81 bits per heavy atom. The average Bonchev–Trinajstić information content (AvgIpc) is 3.04. The predicted octanol–water partition coefficient (Wildman–Crippen LogP) is 3.69. The number of aromatic nitrogens is 1. The van der Waals surface area contributed by atoms with Gasteiger partial charge in [-0.1, -0.05) is 12.1 Å². The molecule has 0 fully saturated rings. The van der Waals surface area contributed by atoms with Crippen molar-refractivity contribution in [2.24, 2.45) is 4.99 Å². The largest absolute Gasteiger partial charge is 0.493 e. The summed E-state index contributed by atoms with van der Waals surface area (Å²) in [7, 11) is 5.51. The summed E-state index contributed by atoms with van der Waals surface area (Å²) in [6.07, 6.45) is 0.881. The Balaban J connectivity index is 0.00000364. The molecule has 0 saturated heterocycles. The number of aliphatic imine (C=N–C) groups is 1. The predicted molar refractivity (Wildman–Crippen MR) is 122 cm³/mol. The summed E-state index contributed by atoms with van der Waals surface area (Å²) >= 11 is 1.67. The minimum Gasteiger partial charge on any atom is -0.493 e. The van der Waals surface area contributed by atoms with E-state index in [0.717, 1.165) is 40.9 Å². The standard InChI is InChI=1S/C19H28N4O2S.HI/c1-15-22-17(14-26-15)13-23(3)19(20-2)21-12-16-7-5-8-18(11-16)25-10-6-9-24-4;/h5,7-8,11,14H,6,9-10,12-13H2,1-4H3,(H,20,21);1H. The third-order valence-electron chi connectivity index (χ3n) is 3.75. The first kappa shape index (κ1) is 23.6. The summed E-state index contributed by atoms with van der Waals surface area (Å²) in [5.74, 6) is 1.71. The van der Waals surface area contributed by atoms with Crippen LogP contribution in [0.3, 0.4) is 0 Å². The first-order valence-electron chi connectivity index (χ1n) is 8.66. The first-order chi connectivity index (χ1) is 12.6. The molecule has 0 aliphatic rings. The molecule has 27 heavy (non-hydrogen) atoms. The van der Waals surface area contributed by atoms with Crippen molar-refractivity contribution in [3.63, 3.8) is 0 Å². The zero-order valence-electron chi connectivity index (χ0n) is 16.4. The van der Waals surface area contributed by atoms with Crippen molar-refractivity contribution in [3.05, 3.63) is 45.9 Å². The van der Waals surface area contributed by atoms with E-state index in [2.05, 4.69) is 37.7 Å². The number of halogens is 1. The highest BCUT2D eigenvalue weighted by molar-refractivity contribution is 14.0. The van der Waals surface area contributed by atoms with Crippen LogP contribution in [-0.2, 0) is 17.8 Å². The topological polar surface area (TPSA) is 59.0 Å². The van der Waals surface area contributed by atoms with E-state index in [9.17, 15) is 0 Å². The Labute approximate surface area is 183 Å². The van der Waals surface area contributed by atoms with Gasteiger partial charge < -0.3 is 19.7 Å². The summed E-state index contributed by atoms with van der Waals surface area (Å²) in [5, 5.41) is 6.56. The van der Waals surface area contributed by atoms with Crippen molar-refractivity contribution in [1.82, 2.24) is 15.2 Å². The van der Waals surface area contributed by atoms with Crippen molar-refractivity contribution in [2.75, 3.05) is 34.4 Å². The molecule has 0 saturated carbocycles. The Kier molecular flexibility index (Phi) is 11.3. The number of nitrogens with zero attached hydrogens (tertiary/aromatic N) is 3. The highest BCUT2D eigenvalue weighted by Gasteiger charge is 2.09. The van der Waals surface area contributed by atoms with Gasteiger partial charge in [-0.05, 0) is 24.6 Å². The van der Waals surface area contributed by atoms with Crippen LogP contribution in [0.4, 0.5) is 0 Å². The molecule has 0 aliphatic carbocycles. The van der Waals surface area contributed by atoms with Gasteiger partial charge in [0.2, 0.25) is 0 Å². The number of hydrogen-bond acceptors (Lipinski definition) is 5. The smallest absolute Gasteiger partial charge is 0.194 e. The van der Waals surface area contributed by atoms with Gasteiger partial charge >= 0.3 is 0 Å². The number of methoxy groups -OCH3 is 1. The van der Waals surface area contributed by atoms with Crippen LogP contribution in [0.15, 0.2) is 34.6 Å². The zero-order valence-corrected chi connectivity index (χ0v) is 19.5. The average molecular weight is 504 g/mol. The molecular weight excluding hydrogens is 475 g/mol. The molecule has 0 atom stereocenters. The van der Waals surface area contributed by atoms with E-state index in [1.807, 2.05) is 26.1 Å². The van der Waals surface area contributed by atoms with Crippen LogP contribution in [0, 0.1) is 6.92 Å². The summed E-state index contributed by atoms with van der Waals surface area (Å²) < 4.78 is 10.8. The fourth-order valence-electron chi connectivity index (χ4n) is 2.50. The van der Waals surface area contributed by atoms with Gasteiger partial charge in [-0.15, -0.1) is 35.3 Å². The van der Waals surface area contributed by atoms with Gasteiger partial charge in [0, 0.05) is 46.2 Å². The molecule has 0 amide bonds. The van der Waals surface area contributed by atoms with Crippen LogP contribution in [0.5, 0.6) is 5.75 Å². The molecule has 2 aromatic rings. The second-order valence-corrected chi connectivity index (χ2v) is 7.02. The van der Waals surface area contributed by atoms with E-state index in [0.29, 0.717) is 19.8 Å². The third kappa shape index (κ3) is 8.44. The molecule has 8 heteroatoms. The van der Waals surface area contributed by atoms with Crippen LogP contribution in [-0.4, -0.2) is 50.3 Å². The summed E-state index contributed by atoms with van der Waals surface area (Å²) in [4.78, 5) is 10.9. The number of thiazole rings is 1. The molecule has 0 spiro atoms. The number of aryl methyl sites for hydroxylation is 1. The fraction of sp³-hybridized carbons (Fsp3) is 0.474. The molecule has 0 unspecified atom stereocenters. The van der Waals surface area contributed by atoms with Crippen LogP contribution in [0.25, 0.3) is 0 Å². The molecule has 1 N–H and O–H groups in total. The van der Waals surface area contributed by atoms with Crippen LogP contribution in [0.2, 0.25) is 0 Å². The second kappa shape index (κ2) is 12.9. The van der Waals surface area contributed by atoms with Crippen molar-refractivity contribution in [3.8, 4) is 5.75 Å². The maximum absolute atomic E-state index is 5.76. The number of nitrogens with one attached hydrogen (secondary N) is 1. The van der Waals surface area contributed by atoms with Crippen LogP contribution >= 0.6 is 35.3 Å². The Morgan fingerprint density at radius 2 is 2.15 bits per heavy atom. The highest BCUT2D eigenvalue weighted by atomic mass is 127. The number of hydrogen-bond donors (Lipinski definition) is 1. The quantitative estimate of drug-likeness (QED) is 0.244. The lowest BCUT2D eigenvalue weighted by Gasteiger charge is -2.21. The molecule has 0 aliphatic heterocycles. The highest BCUT2D eigenvalue weighted by Crippen LogP contribution is 2.14. The van der Waals surface area contributed by atoms with Crippen LogP contribution in [0.1, 0.15) is 22.7 Å². The van der Waals surface area contributed by atoms with E-state index in [-0.39, 0.29) is 24.0 Å². The van der Waals surface area contributed by atoms with Crippen molar-refractivity contribution >= 4 is 41.3 Å². The molecular formula is C19H29IN4O2S. The normalized spacial score (nSPS) is 11.0. The lowest BCUT2D eigenvalue weighted by Crippen LogP contribution is -2.38. The van der Waals surface area contributed by atoms with Crippen molar-refractivity contribution in [1.29, 1.82) is 0 Å². The number of guanidine groups is 1. The molecule has 2 rings (SSSR count). The lowest BCUT2D eigenvalue weighted by molar-refractivity contribution is 0.172. The lowest BCUT2D eigenvalue weighted by atomic mass is 10.2. The number of rotatable bonds is 9. The Bertz CT molecular complexity index is 709. The van der Waals surface area contributed by atoms with Crippen molar-refractivity contribution < 1.29 is 9.47 Å². The summed E-state index contributed by atoms with van der Waals surface area (Å²) in [5.41, 5.74) is 2.21. The fourth-order valence-corrected chi connectivity index (χ4v) is 3.11. The van der Waals surface area contributed by atoms with Gasteiger partial charge in [0.15, 0.2) is 5.96 Å². The molecule has 1 aromatic carbocycles. The van der Waals surface area contributed by atoms with Gasteiger partial charge in [-0.3, -0.25) is 4.99 Å². The minimum absolute atomic E-state index is 0. The van der Waals surface area contributed by atoms with Gasteiger partial charge in [-0.25, -0.2) is 4.98 Å². The maximum Gasteiger partial charge on any atom is 0.194 e. The number of benzene rings is 1. The van der Waals surface area contributed by atoms with E-state index in [1.165, 1.54) is 0 Å². The van der Waals surface area contributed by atoms with E-state index in [1.54, 1.807) is 25.5 Å². The van der Waals surface area contributed by atoms with Gasteiger partial charge in [0.05, 0.1) is 23.9 Å². The summed E-state index contributed by atoms with van der Waals surface area (Å²) in [6.45, 7) is 4.80. The summed E-state index contributed by atoms with van der Waals surface area (Å²) in [6, 6.07) is 8.11. The van der Waals surface area contributed by atoms with E-state index >= 15 is 0 Å². The molecule has 0 radical (unpaired) electrons. The monoisotopic (exact) mass is 504 g/mol. The minimum atomic E-state index is 0. The third-order valence-corrected chi connectivity index (χ3v) is 4.57. The second-order valence-electron chi connectivity index (χ2n) is 5.96. The molecule has 150 valence electrons. The molecule has 6 nitrogen and oxygen atoms in total.